The van der Waals surface area contributed by atoms with Gasteiger partial charge in [-0.3, -0.25) is 14.9 Å². The number of para-hydroxylation sites is 2. The first-order valence-electron chi connectivity index (χ1n) is 9.71. The highest BCUT2D eigenvalue weighted by Gasteiger charge is 2.14. The smallest absolute Gasteiger partial charge is 0.267 e. The third kappa shape index (κ3) is 3.98. The molecule has 154 valence electrons. The van der Waals surface area contributed by atoms with Gasteiger partial charge < -0.3 is 19.6 Å². The number of carbonyl (C=O) groups excluding carboxylic acids is 2. The predicted molar refractivity (Wildman–Crippen MR) is 116 cm³/mol. The summed E-state index contributed by atoms with van der Waals surface area (Å²) < 4.78 is 7.08. The number of aromatic amines is 1. The van der Waals surface area contributed by atoms with Crippen LogP contribution >= 0.6 is 0 Å². The van der Waals surface area contributed by atoms with E-state index in [1.54, 1.807) is 7.11 Å². The largest absolute Gasteiger partial charge is 0.497 e. The van der Waals surface area contributed by atoms with Crippen molar-refractivity contribution in [1.82, 2.24) is 19.9 Å². The van der Waals surface area contributed by atoms with Crippen molar-refractivity contribution in [3.8, 4) is 5.75 Å². The fraction of sp³-hybridized carbons (Fsp3) is 0.227. The molecule has 2 amide bonds. The SMILES string of the molecule is COc1ccc2c(c1)cc(C(=O)NCCCC(=O)Nc1nc3ccccc3[nH]1)n2C. The van der Waals surface area contributed by atoms with Crippen LogP contribution in [0.4, 0.5) is 5.95 Å². The van der Waals surface area contributed by atoms with E-state index in [9.17, 15) is 9.59 Å². The molecule has 0 saturated heterocycles. The minimum Gasteiger partial charge on any atom is -0.497 e. The molecule has 0 aliphatic carbocycles. The van der Waals surface area contributed by atoms with Crippen molar-refractivity contribution < 1.29 is 14.3 Å². The molecule has 8 nitrogen and oxygen atoms in total. The van der Waals surface area contributed by atoms with Gasteiger partial charge in [-0.2, -0.15) is 0 Å². The van der Waals surface area contributed by atoms with E-state index >= 15 is 0 Å². The van der Waals surface area contributed by atoms with E-state index in [1.165, 1.54) is 0 Å². The van der Waals surface area contributed by atoms with Gasteiger partial charge in [0.1, 0.15) is 11.4 Å². The average Bonchev–Trinajstić information content (AvgIpc) is 3.30. The van der Waals surface area contributed by atoms with E-state index < -0.39 is 0 Å². The summed E-state index contributed by atoms with van der Waals surface area (Å²) in [4.78, 5) is 32.1. The van der Waals surface area contributed by atoms with Crippen LogP contribution in [0.15, 0.2) is 48.5 Å². The first-order chi connectivity index (χ1) is 14.5. The lowest BCUT2D eigenvalue weighted by molar-refractivity contribution is -0.116. The van der Waals surface area contributed by atoms with Gasteiger partial charge in [-0.15, -0.1) is 0 Å². The Hall–Kier alpha value is -3.81. The van der Waals surface area contributed by atoms with Crippen molar-refractivity contribution in [2.45, 2.75) is 12.8 Å². The Kier molecular flexibility index (Phi) is 5.38. The molecule has 0 aliphatic rings. The van der Waals surface area contributed by atoms with Crippen LogP contribution in [-0.2, 0) is 11.8 Å². The van der Waals surface area contributed by atoms with Crippen LogP contribution in [-0.4, -0.2) is 40.0 Å². The molecule has 0 radical (unpaired) electrons. The predicted octanol–water partition coefficient (Wildman–Crippen LogP) is 3.21. The second-order valence-electron chi connectivity index (χ2n) is 7.02. The van der Waals surface area contributed by atoms with Crippen LogP contribution < -0.4 is 15.4 Å². The molecule has 0 saturated carbocycles. The zero-order chi connectivity index (χ0) is 21.1. The number of amides is 2. The van der Waals surface area contributed by atoms with Gasteiger partial charge in [0.25, 0.3) is 5.91 Å². The molecule has 0 bridgehead atoms. The Labute approximate surface area is 173 Å². The molecule has 0 atom stereocenters. The lowest BCUT2D eigenvalue weighted by Gasteiger charge is -2.07. The number of H-pyrrole nitrogens is 1. The summed E-state index contributed by atoms with van der Waals surface area (Å²) in [5, 5.41) is 6.57. The Bertz CT molecular complexity index is 1190. The van der Waals surface area contributed by atoms with E-state index in [1.807, 2.05) is 60.1 Å². The van der Waals surface area contributed by atoms with Crippen molar-refractivity contribution in [2.24, 2.45) is 7.05 Å². The molecule has 30 heavy (non-hydrogen) atoms. The highest BCUT2D eigenvalue weighted by atomic mass is 16.5. The summed E-state index contributed by atoms with van der Waals surface area (Å²) in [5.41, 5.74) is 3.18. The lowest BCUT2D eigenvalue weighted by atomic mass is 10.2. The molecule has 0 aliphatic heterocycles. The van der Waals surface area contributed by atoms with E-state index in [4.69, 9.17) is 4.74 Å². The molecule has 3 N–H and O–H groups in total. The summed E-state index contributed by atoms with van der Waals surface area (Å²) in [6, 6.07) is 15.1. The number of nitrogens with one attached hydrogen (secondary N) is 3. The first-order valence-corrected chi connectivity index (χ1v) is 9.71. The van der Waals surface area contributed by atoms with Crippen LogP contribution in [0.25, 0.3) is 21.9 Å². The number of anilines is 1. The first kappa shape index (κ1) is 19.5. The van der Waals surface area contributed by atoms with Crippen LogP contribution in [0.5, 0.6) is 5.75 Å². The Balaban J connectivity index is 1.28. The van der Waals surface area contributed by atoms with Crippen LogP contribution in [0.1, 0.15) is 23.3 Å². The summed E-state index contributed by atoms with van der Waals surface area (Å²) in [6.45, 7) is 0.400. The molecule has 0 fully saturated rings. The maximum absolute atomic E-state index is 12.5. The monoisotopic (exact) mass is 405 g/mol. The van der Waals surface area contributed by atoms with Crippen LogP contribution in [0.2, 0.25) is 0 Å². The number of carbonyl (C=O) groups is 2. The Morgan fingerprint density at radius 1 is 1.17 bits per heavy atom. The standard InChI is InChI=1S/C22H23N5O3/c1-27-18-10-9-15(30-2)12-14(18)13-19(27)21(29)23-11-5-8-20(28)26-22-24-16-6-3-4-7-17(16)25-22/h3-4,6-7,9-10,12-13H,5,8,11H2,1-2H3,(H,23,29)(H2,24,25,26,28). The zero-order valence-electron chi connectivity index (χ0n) is 16.9. The zero-order valence-corrected chi connectivity index (χ0v) is 16.9. The van der Waals surface area contributed by atoms with Crippen molar-refractivity contribution in [3.05, 3.63) is 54.2 Å². The highest BCUT2D eigenvalue weighted by molar-refractivity contribution is 5.99. The number of nitrogens with zero attached hydrogens (tertiary/aromatic N) is 2. The molecule has 4 aromatic rings. The molecule has 2 aromatic heterocycles. The van der Waals surface area contributed by atoms with Crippen molar-refractivity contribution >= 4 is 39.7 Å². The molecular formula is C22H23N5O3. The lowest BCUT2D eigenvalue weighted by Crippen LogP contribution is -2.27. The topological polar surface area (TPSA) is 101 Å². The van der Waals surface area contributed by atoms with E-state index in [-0.39, 0.29) is 18.2 Å². The number of aryl methyl sites for hydroxylation is 1. The number of methoxy groups -OCH3 is 1. The number of hydrogen-bond donors (Lipinski definition) is 3. The van der Waals surface area contributed by atoms with Gasteiger partial charge in [0.05, 0.1) is 18.1 Å². The third-order valence-corrected chi connectivity index (χ3v) is 5.00. The van der Waals surface area contributed by atoms with Crippen LogP contribution in [0, 0.1) is 0 Å². The average molecular weight is 405 g/mol. The maximum atomic E-state index is 12.5. The number of imidazole rings is 1. The van der Waals surface area contributed by atoms with Gasteiger partial charge in [-0.1, -0.05) is 12.1 Å². The van der Waals surface area contributed by atoms with E-state index in [0.717, 1.165) is 27.7 Å². The minimum atomic E-state index is -0.176. The number of aromatic nitrogens is 3. The van der Waals surface area contributed by atoms with Gasteiger partial charge in [0, 0.05) is 30.9 Å². The van der Waals surface area contributed by atoms with Gasteiger partial charge >= 0.3 is 0 Å². The second kappa shape index (κ2) is 8.28. The number of benzene rings is 2. The number of hydrogen-bond acceptors (Lipinski definition) is 4. The molecule has 4 rings (SSSR count). The van der Waals surface area contributed by atoms with Gasteiger partial charge in [-0.05, 0) is 42.8 Å². The van der Waals surface area contributed by atoms with Crippen molar-refractivity contribution in [2.75, 3.05) is 19.0 Å². The Morgan fingerprint density at radius 3 is 2.80 bits per heavy atom. The van der Waals surface area contributed by atoms with E-state index in [0.29, 0.717) is 24.6 Å². The molecule has 2 aromatic carbocycles. The highest BCUT2D eigenvalue weighted by Crippen LogP contribution is 2.23. The number of ether oxygens (including phenoxy) is 1. The van der Waals surface area contributed by atoms with Crippen molar-refractivity contribution in [1.29, 1.82) is 0 Å². The minimum absolute atomic E-state index is 0.153. The molecule has 2 heterocycles. The summed E-state index contributed by atoms with van der Waals surface area (Å²) in [7, 11) is 3.46. The second-order valence-corrected chi connectivity index (χ2v) is 7.02. The third-order valence-electron chi connectivity index (χ3n) is 5.00. The molecule has 0 unspecified atom stereocenters. The number of rotatable bonds is 7. The van der Waals surface area contributed by atoms with Gasteiger partial charge in [-0.25, -0.2) is 4.98 Å². The van der Waals surface area contributed by atoms with Gasteiger partial charge in [0.2, 0.25) is 11.9 Å². The van der Waals surface area contributed by atoms with Crippen molar-refractivity contribution in [3.63, 3.8) is 0 Å². The molecule has 8 heteroatoms. The molecule has 0 spiro atoms. The Morgan fingerprint density at radius 2 is 2.00 bits per heavy atom. The number of fused-ring (bicyclic) bond motifs is 2. The summed E-state index contributed by atoms with van der Waals surface area (Å²) >= 11 is 0. The fourth-order valence-electron chi connectivity index (χ4n) is 3.42. The van der Waals surface area contributed by atoms with Gasteiger partial charge in [0.15, 0.2) is 0 Å². The molecular weight excluding hydrogens is 382 g/mol. The normalized spacial score (nSPS) is 11.0. The fourth-order valence-corrected chi connectivity index (χ4v) is 3.42. The summed E-state index contributed by atoms with van der Waals surface area (Å²) in [5.74, 6) is 0.844. The van der Waals surface area contributed by atoms with Crippen LogP contribution in [0.3, 0.4) is 0 Å². The maximum Gasteiger partial charge on any atom is 0.267 e. The quantitative estimate of drug-likeness (QED) is 0.411. The summed E-state index contributed by atoms with van der Waals surface area (Å²) in [6.07, 6.45) is 0.805. The van der Waals surface area contributed by atoms with E-state index in [2.05, 4.69) is 20.6 Å².